The number of amides is 1. The van der Waals surface area contributed by atoms with Gasteiger partial charge in [0.25, 0.3) is 0 Å². The average molecular weight is 448 g/mol. The average Bonchev–Trinajstić information content (AvgIpc) is 2.97. The highest BCUT2D eigenvalue weighted by atomic mass is 35.5. The Bertz CT molecular complexity index is 1130. The van der Waals surface area contributed by atoms with Gasteiger partial charge in [-0.15, -0.1) is 0 Å². The number of carbonyl (C=O) groups excluding carboxylic acids is 1. The van der Waals surface area contributed by atoms with E-state index in [2.05, 4.69) is 5.32 Å². The summed E-state index contributed by atoms with van der Waals surface area (Å²) in [7, 11) is 4.37. The van der Waals surface area contributed by atoms with Crippen molar-refractivity contribution in [3.05, 3.63) is 50.1 Å². The summed E-state index contributed by atoms with van der Waals surface area (Å²) >= 11 is 6.67. The van der Waals surface area contributed by atoms with E-state index in [1.165, 1.54) is 46.5 Å². The van der Waals surface area contributed by atoms with Gasteiger partial charge in [0.15, 0.2) is 16.9 Å². The van der Waals surface area contributed by atoms with E-state index < -0.39 is 17.4 Å². The Kier molecular flexibility index (Phi) is 6.40. The van der Waals surface area contributed by atoms with Gasteiger partial charge >= 0.3 is 5.97 Å². The molecule has 9 heteroatoms. The molecule has 3 rings (SSSR count). The lowest BCUT2D eigenvalue weighted by molar-refractivity contribution is -0.119. The van der Waals surface area contributed by atoms with Crippen LogP contribution in [0.4, 0.5) is 0 Å². The molecule has 2 aromatic carbocycles. The van der Waals surface area contributed by atoms with Gasteiger partial charge < -0.3 is 24.6 Å². The molecule has 1 aliphatic rings. The Morgan fingerprint density at radius 3 is 2.29 bits per heavy atom. The Balaban J connectivity index is 2.50. The smallest absolute Gasteiger partial charge is 0.339 e. The maximum absolute atomic E-state index is 12.6. The van der Waals surface area contributed by atoms with Crippen molar-refractivity contribution >= 4 is 23.5 Å². The highest BCUT2D eigenvalue weighted by Crippen LogP contribution is 2.54. The lowest BCUT2D eigenvalue weighted by atomic mass is 9.95. The van der Waals surface area contributed by atoms with E-state index >= 15 is 0 Å². The van der Waals surface area contributed by atoms with Crippen LogP contribution in [0.15, 0.2) is 23.0 Å². The fourth-order valence-electron chi connectivity index (χ4n) is 3.96. The van der Waals surface area contributed by atoms with Crippen molar-refractivity contribution < 1.29 is 28.9 Å². The topological polar surface area (TPSA) is 111 Å². The van der Waals surface area contributed by atoms with E-state index in [1.54, 1.807) is 0 Å². The van der Waals surface area contributed by atoms with E-state index in [-0.39, 0.29) is 17.2 Å². The molecule has 0 fully saturated rings. The zero-order valence-corrected chi connectivity index (χ0v) is 18.3. The van der Waals surface area contributed by atoms with Crippen LogP contribution in [-0.2, 0) is 11.2 Å². The second kappa shape index (κ2) is 8.85. The van der Waals surface area contributed by atoms with Crippen molar-refractivity contribution in [1.82, 2.24) is 5.32 Å². The van der Waals surface area contributed by atoms with Crippen molar-refractivity contribution in [2.75, 3.05) is 21.3 Å². The number of fused-ring (bicyclic) bond motifs is 3. The van der Waals surface area contributed by atoms with E-state index in [9.17, 15) is 19.5 Å². The number of carbonyl (C=O) groups is 2. The number of methoxy groups -OCH3 is 3. The summed E-state index contributed by atoms with van der Waals surface area (Å²) in [6.45, 7) is 1.38. The van der Waals surface area contributed by atoms with Gasteiger partial charge in [0.05, 0.1) is 32.4 Å². The zero-order valence-electron chi connectivity index (χ0n) is 17.5. The molecule has 31 heavy (non-hydrogen) atoms. The summed E-state index contributed by atoms with van der Waals surface area (Å²) in [4.78, 5) is 36.1. The fourth-order valence-corrected chi connectivity index (χ4v) is 4.31. The lowest BCUT2D eigenvalue weighted by Crippen LogP contribution is -2.26. The second-order valence-corrected chi connectivity index (χ2v) is 7.37. The molecule has 1 amide bonds. The van der Waals surface area contributed by atoms with Crippen LogP contribution in [0.5, 0.6) is 17.2 Å². The number of aromatic carboxylic acids is 1. The molecule has 164 valence electrons. The van der Waals surface area contributed by atoms with E-state index in [0.29, 0.717) is 51.6 Å². The first-order valence-corrected chi connectivity index (χ1v) is 9.82. The highest BCUT2D eigenvalue weighted by molar-refractivity contribution is 6.34. The van der Waals surface area contributed by atoms with Crippen molar-refractivity contribution in [2.24, 2.45) is 0 Å². The molecular formula is C22H22ClNO7. The molecule has 0 heterocycles. The lowest BCUT2D eigenvalue weighted by Gasteiger charge is -2.21. The van der Waals surface area contributed by atoms with Crippen LogP contribution >= 0.6 is 11.6 Å². The first-order valence-electron chi connectivity index (χ1n) is 9.44. The van der Waals surface area contributed by atoms with Crippen molar-refractivity contribution in [1.29, 1.82) is 0 Å². The number of halogens is 1. The van der Waals surface area contributed by atoms with Crippen LogP contribution in [0.25, 0.3) is 11.1 Å². The molecule has 0 spiro atoms. The standard InChI is InChI=1S/C22H22ClNO7/c1-10(25)24-15-8-7-13-17(19(29-2)21(31-4)20(30-3)18(13)23)11-5-6-12(22(27)28)16(26)9-14(11)15/h5-6,9,15H,7-8H2,1-4H3,(H,24,25)(H,27,28)/t15-/m0/s1. The van der Waals surface area contributed by atoms with Crippen LogP contribution in [0.2, 0.25) is 5.02 Å². The molecule has 0 bridgehead atoms. The minimum atomic E-state index is -1.34. The van der Waals surface area contributed by atoms with Gasteiger partial charge in [0.1, 0.15) is 5.56 Å². The third-order valence-electron chi connectivity index (χ3n) is 5.23. The van der Waals surface area contributed by atoms with Gasteiger partial charge in [-0.2, -0.15) is 0 Å². The summed E-state index contributed by atoms with van der Waals surface area (Å²) in [5, 5.41) is 12.6. The molecule has 0 radical (unpaired) electrons. The summed E-state index contributed by atoms with van der Waals surface area (Å²) in [5.74, 6) is -0.726. The van der Waals surface area contributed by atoms with Gasteiger partial charge in [-0.25, -0.2) is 4.79 Å². The Labute approximate surface area is 183 Å². The molecule has 2 N–H and O–H groups in total. The SMILES string of the molecule is COc1c(Cl)c2c(c(OC)c1OC)-c1ccc(C(=O)O)c(=O)cc1[C@@H](NC(C)=O)CC2. The number of hydrogen-bond acceptors (Lipinski definition) is 6. The van der Waals surface area contributed by atoms with E-state index in [1.807, 2.05) is 0 Å². The summed E-state index contributed by atoms with van der Waals surface area (Å²) in [5.41, 5.74) is 1.16. The number of carboxylic acids is 1. The second-order valence-electron chi connectivity index (χ2n) is 6.99. The number of ether oxygens (including phenoxy) is 3. The largest absolute Gasteiger partial charge is 0.492 e. The molecule has 0 saturated heterocycles. The van der Waals surface area contributed by atoms with E-state index in [4.69, 9.17) is 25.8 Å². The van der Waals surface area contributed by atoms with Gasteiger partial charge in [-0.1, -0.05) is 17.7 Å². The number of benzene rings is 1. The number of hydrogen-bond donors (Lipinski definition) is 2. The van der Waals surface area contributed by atoms with Crippen LogP contribution in [0.1, 0.15) is 40.9 Å². The van der Waals surface area contributed by atoms with Crippen LogP contribution < -0.4 is 25.0 Å². The molecule has 1 atom stereocenters. The quantitative estimate of drug-likeness (QED) is 0.723. The number of nitrogens with one attached hydrogen (secondary N) is 1. The molecule has 0 aliphatic heterocycles. The van der Waals surface area contributed by atoms with Gasteiger partial charge in [-0.3, -0.25) is 9.59 Å². The molecule has 8 nitrogen and oxygen atoms in total. The van der Waals surface area contributed by atoms with Gasteiger partial charge in [0.2, 0.25) is 11.7 Å². The third kappa shape index (κ3) is 3.90. The van der Waals surface area contributed by atoms with Crippen molar-refractivity contribution in [2.45, 2.75) is 25.8 Å². The van der Waals surface area contributed by atoms with Crippen LogP contribution in [0.3, 0.4) is 0 Å². The summed E-state index contributed by atoms with van der Waals surface area (Å²) < 4.78 is 16.6. The minimum Gasteiger partial charge on any atom is -0.492 e. The highest BCUT2D eigenvalue weighted by Gasteiger charge is 2.32. The molecule has 0 unspecified atom stereocenters. The Morgan fingerprint density at radius 1 is 1.10 bits per heavy atom. The summed E-state index contributed by atoms with van der Waals surface area (Å²) in [6, 6.07) is 3.48. The predicted molar refractivity (Wildman–Crippen MR) is 115 cm³/mol. The molecular weight excluding hydrogens is 426 g/mol. The van der Waals surface area contributed by atoms with Crippen LogP contribution in [0, 0.1) is 0 Å². The molecule has 2 aromatic rings. The third-order valence-corrected chi connectivity index (χ3v) is 5.63. The van der Waals surface area contributed by atoms with Gasteiger partial charge in [0, 0.05) is 12.5 Å². The zero-order chi connectivity index (χ0) is 22.9. The van der Waals surface area contributed by atoms with E-state index in [0.717, 1.165) is 0 Å². The normalized spacial score (nSPS) is 14.5. The molecule has 0 aromatic heterocycles. The first-order chi connectivity index (χ1) is 14.7. The predicted octanol–water partition coefficient (Wildman–Crippen LogP) is 3.21. The number of carboxylic acid groups (broad SMARTS) is 1. The number of rotatable bonds is 5. The molecule has 0 saturated carbocycles. The Hall–Kier alpha value is -3.26. The maximum atomic E-state index is 12.6. The monoisotopic (exact) mass is 447 g/mol. The van der Waals surface area contributed by atoms with Gasteiger partial charge in [-0.05, 0) is 41.7 Å². The van der Waals surface area contributed by atoms with Crippen LogP contribution in [-0.4, -0.2) is 38.3 Å². The fraction of sp³-hybridized carbons (Fsp3) is 0.318. The minimum absolute atomic E-state index is 0.269. The first kappa shape index (κ1) is 22.4. The summed E-state index contributed by atoms with van der Waals surface area (Å²) in [6.07, 6.45) is 0.859. The van der Waals surface area contributed by atoms with Crippen molar-refractivity contribution in [3.63, 3.8) is 0 Å². The Morgan fingerprint density at radius 2 is 1.74 bits per heavy atom. The molecule has 1 aliphatic carbocycles. The maximum Gasteiger partial charge on any atom is 0.339 e. The van der Waals surface area contributed by atoms with Crippen molar-refractivity contribution in [3.8, 4) is 28.4 Å².